The number of carbonyl (C=O) groups excluding carboxylic acids is 1. The lowest BCUT2D eigenvalue weighted by molar-refractivity contribution is -0.385. The largest absolute Gasteiger partial charge is 0.351 e. The lowest BCUT2D eigenvalue weighted by Crippen LogP contribution is -2.30. The van der Waals surface area contributed by atoms with E-state index in [0.717, 1.165) is 12.8 Å². The Morgan fingerprint density at radius 1 is 1.50 bits per heavy atom. The summed E-state index contributed by atoms with van der Waals surface area (Å²) in [5, 5.41) is 13.7. The quantitative estimate of drug-likeness (QED) is 0.474. The molecule has 1 aromatic carbocycles. The van der Waals surface area contributed by atoms with E-state index in [-0.39, 0.29) is 22.2 Å². The van der Waals surface area contributed by atoms with Crippen molar-refractivity contribution in [2.24, 2.45) is 5.92 Å². The van der Waals surface area contributed by atoms with Gasteiger partial charge in [-0.1, -0.05) is 31.0 Å². The smallest absolute Gasteiger partial charge is 0.283 e. The summed E-state index contributed by atoms with van der Waals surface area (Å²) in [5.41, 5.74) is -0.389. The number of benzene rings is 1. The average molecular weight is 319 g/mol. The zero-order chi connectivity index (χ0) is 15.1. The third-order valence-electron chi connectivity index (χ3n) is 3.06. The average Bonchev–Trinajstić information content (AvgIpc) is 2.42. The molecule has 7 heteroatoms. The van der Waals surface area contributed by atoms with E-state index in [9.17, 15) is 14.9 Å². The molecule has 0 saturated heterocycles. The van der Waals surface area contributed by atoms with Gasteiger partial charge in [0.15, 0.2) is 0 Å². The van der Waals surface area contributed by atoms with Crippen molar-refractivity contribution in [1.82, 2.24) is 5.32 Å². The molecule has 110 valence electrons. The van der Waals surface area contributed by atoms with Crippen LogP contribution in [0, 0.1) is 16.0 Å². The zero-order valence-corrected chi connectivity index (χ0v) is 12.6. The van der Waals surface area contributed by atoms with E-state index in [0.29, 0.717) is 12.4 Å². The fraction of sp³-hybridized carbons (Fsp3) is 0.462. The van der Waals surface area contributed by atoms with Gasteiger partial charge in [0.1, 0.15) is 5.56 Å². The molecule has 1 amide bonds. The number of hydrogen-bond acceptors (Lipinski definition) is 3. The summed E-state index contributed by atoms with van der Waals surface area (Å²) in [6.07, 6.45) is 1.65. The summed E-state index contributed by atoms with van der Waals surface area (Å²) in [4.78, 5) is 22.4. The molecule has 0 aliphatic heterocycles. The molecule has 0 bridgehead atoms. The van der Waals surface area contributed by atoms with Crippen molar-refractivity contribution in [2.75, 3.05) is 12.4 Å². The van der Waals surface area contributed by atoms with Gasteiger partial charge in [-0.15, -0.1) is 11.6 Å². The highest BCUT2D eigenvalue weighted by Gasteiger charge is 2.23. The minimum atomic E-state index is -0.614. The SMILES string of the molecule is CCC(CCCl)CNC(=O)c1c(Cl)cccc1[N+](=O)[O-]. The first-order valence-electron chi connectivity index (χ1n) is 6.28. The number of halogens is 2. The van der Waals surface area contributed by atoms with E-state index in [2.05, 4.69) is 5.32 Å². The molecule has 1 unspecified atom stereocenters. The van der Waals surface area contributed by atoms with Crippen LogP contribution in [0.15, 0.2) is 18.2 Å². The van der Waals surface area contributed by atoms with Crippen LogP contribution in [0.2, 0.25) is 5.02 Å². The van der Waals surface area contributed by atoms with Crippen LogP contribution in [0.5, 0.6) is 0 Å². The van der Waals surface area contributed by atoms with Crippen molar-refractivity contribution < 1.29 is 9.72 Å². The molecule has 0 fully saturated rings. The third kappa shape index (κ3) is 4.35. The molecule has 1 aromatic rings. The van der Waals surface area contributed by atoms with Gasteiger partial charge in [-0.05, 0) is 18.4 Å². The Labute approximate surface area is 127 Å². The van der Waals surface area contributed by atoms with Crippen molar-refractivity contribution in [1.29, 1.82) is 0 Å². The number of hydrogen-bond donors (Lipinski definition) is 1. The molecule has 0 radical (unpaired) electrons. The second-order valence-electron chi connectivity index (χ2n) is 4.35. The van der Waals surface area contributed by atoms with Gasteiger partial charge in [-0.2, -0.15) is 0 Å². The fourth-order valence-electron chi connectivity index (χ4n) is 1.82. The fourth-order valence-corrected chi connectivity index (χ4v) is 2.38. The molecule has 0 aromatic heterocycles. The molecule has 1 atom stereocenters. The number of alkyl halides is 1. The van der Waals surface area contributed by atoms with Crippen LogP contribution in [-0.4, -0.2) is 23.3 Å². The van der Waals surface area contributed by atoms with E-state index in [1.807, 2.05) is 6.92 Å². The Morgan fingerprint density at radius 2 is 2.20 bits per heavy atom. The Morgan fingerprint density at radius 3 is 2.75 bits per heavy atom. The van der Waals surface area contributed by atoms with Gasteiger partial charge in [0.05, 0.1) is 9.95 Å². The molecule has 0 saturated carbocycles. The monoisotopic (exact) mass is 318 g/mol. The van der Waals surface area contributed by atoms with Gasteiger partial charge in [-0.25, -0.2) is 0 Å². The van der Waals surface area contributed by atoms with Crippen LogP contribution in [0.25, 0.3) is 0 Å². The molecular formula is C13H16Cl2N2O3. The normalized spacial score (nSPS) is 11.9. The summed E-state index contributed by atoms with van der Waals surface area (Å²) in [6, 6.07) is 4.16. The van der Waals surface area contributed by atoms with Crippen LogP contribution >= 0.6 is 23.2 Å². The van der Waals surface area contributed by atoms with Gasteiger partial charge < -0.3 is 5.32 Å². The van der Waals surface area contributed by atoms with Crippen LogP contribution in [-0.2, 0) is 0 Å². The maximum atomic E-state index is 12.1. The molecule has 1 rings (SSSR count). The predicted octanol–water partition coefficient (Wildman–Crippen LogP) is 3.63. The highest BCUT2D eigenvalue weighted by atomic mass is 35.5. The number of nitro benzene ring substituents is 1. The van der Waals surface area contributed by atoms with E-state index in [1.54, 1.807) is 0 Å². The number of nitrogens with one attached hydrogen (secondary N) is 1. The second-order valence-corrected chi connectivity index (χ2v) is 5.14. The molecular weight excluding hydrogens is 303 g/mol. The molecule has 20 heavy (non-hydrogen) atoms. The number of amides is 1. The molecule has 0 aliphatic rings. The van der Waals surface area contributed by atoms with Gasteiger partial charge in [0.25, 0.3) is 11.6 Å². The van der Waals surface area contributed by atoms with Gasteiger partial charge >= 0.3 is 0 Å². The third-order valence-corrected chi connectivity index (χ3v) is 3.59. The summed E-state index contributed by atoms with van der Waals surface area (Å²) >= 11 is 11.6. The lowest BCUT2D eigenvalue weighted by atomic mass is 10.0. The van der Waals surface area contributed by atoms with E-state index in [1.165, 1.54) is 18.2 Å². The van der Waals surface area contributed by atoms with Gasteiger partial charge in [0.2, 0.25) is 0 Å². The van der Waals surface area contributed by atoms with E-state index in [4.69, 9.17) is 23.2 Å². The minimum Gasteiger partial charge on any atom is -0.351 e. The maximum absolute atomic E-state index is 12.1. The van der Waals surface area contributed by atoms with E-state index < -0.39 is 10.8 Å². The van der Waals surface area contributed by atoms with Crippen LogP contribution in [0.4, 0.5) is 5.69 Å². The summed E-state index contributed by atoms with van der Waals surface area (Å²) in [6.45, 7) is 2.42. The maximum Gasteiger partial charge on any atom is 0.283 e. The first-order chi connectivity index (χ1) is 9.51. The second kappa shape index (κ2) is 8.07. The predicted molar refractivity (Wildman–Crippen MR) is 79.6 cm³/mol. The van der Waals surface area contributed by atoms with Crippen LogP contribution in [0.1, 0.15) is 30.1 Å². The Bertz CT molecular complexity index is 495. The van der Waals surface area contributed by atoms with Gasteiger partial charge in [0, 0.05) is 18.5 Å². The standard InChI is InChI=1S/C13H16Cl2N2O3/c1-2-9(6-7-14)8-16-13(18)12-10(15)4-3-5-11(12)17(19)20/h3-5,9H,2,6-8H2,1H3,(H,16,18). The Kier molecular flexibility index (Phi) is 6.75. The number of nitrogens with zero attached hydrogens (tertiary/aromatic N) is 1. The number of carbonyl (C=O) groups is 1. The topological polar surface area (TPSA) is 72.2 Å². The van der Waals surface area contributed by atoms with Crippen molar-refractivity contribution in [3.8, 4) is 0 Å². The zero-order valence-electron chi connectivity index (χ0n) is 11.1. The first-order valence-corrected chi connectivity index (χ1v) is 7.19. The van der Waals surface area contributed by atoms with Crippen LogP contribution < -0.4 is 5.32 Å². The van der Waals surface area contributed by atoms with Crippen molar-refractivity contribution in [2.45, 2.75) is 19.8 Å². The summed E-state index contributed by atoms with van der Waals surface area (Å²) in [7, 11) is 0. The molecule has 0 spiro atoms. The molecule has 5 nitrogen and oxygen atoms in total. The number of rotatable bonds is 7. The number of nitro groups is 1. The van der Waals surface area contributed by atoms with E-state index >= 15 is 0 Å². The van der Waals surface area contributed by atoms with Crippen molar-refractivity contribution in [3.05, 3.63) is 38.9 Å². The van der Waals surface area contributed by atoms with Gasteiger partial charge in [-0.3, -0.25) is 14.9 Å². The van der Waals surface area contributed by atoms with Crippen LogP contribution in [0.3, 0.4) is 0 Å². The molecule has 0 aliphatic carbocycles. The first kappa shape index (κ1) is 16.7. The summed E-state index contributed by atoms with van der Waals surface area (Å²) < 4.78 is 0. The van der Waals surface area contributed by atoms with Crippen molar-refractivity contribution >= 4 is 34.8 Å². The Balaban J connectivity index is 2.85. The highest BCUT2D eigenvalue weighted by molar-refractivity contribution is 6.34. The van der Waals surface area contributed by atoms with Crippen molar-refractivity contribution in [3.63, 3.8) is 0 Å². The molecule has 1 N–H and O–H groups in total. The molecule has 0 heterocycles. The summed E-state index contributed by atoms with van der Waals surface area (Å²) in [5.74, 6) is 0.231. The highest BCUT2D eigenvalue weighted by Crippen LogP contribution is 2.26. The minimum absolute atomic E-state index is 0.0714. The Hall–Kier alpha value is -1.33. The lowest BCUT2D eigenvalue weighted by Gasteiger charge is -2.14.